The third-order valence-electron chi connectivity index (χ3n) is 4.04. The number of anilines is 2. The van der Waals surface area contributed by atoms with Gasteiger partial charge in [-0.1, -0.05) is 38.8 Å². The van der Waals surface area contributed by atoms with Crippen molar-refractivity contribution in [3.8, 4) is 5.75 Å². The van der Waals surface area contributed by atoms with Crippen molar-refractivity contribution in [1.82, 2.24) is 0 Å². The molecule has 0 atom stereocenters. The molecule has 2 amide bonds. The lowest BCUT2D eigenvalue weighted by Gasteiger charge is -2.12. The molecule has 2 rings (SSSR count). The number of carbonyl (C=O) groups excluding carboxylic acids is 2. The van der Waals surface area contributed by atoms with Gasteiger partial charge in [0.25, 0.3) is 5.91 Å². The van der Waals surface area contributed by atoms with Gasteiger partial charge in [0, 0.05) is 17.8 Å². The van der Waals surface area contributed by atoms with Gasteiger partial charge in [-0.3, -0.25) is 9.59 Å². The van der Waals surface area contributed by atoms with Crippen molar-refractivity contribution in [3.63, 3.8) is 0 Å². The molecular formula is C22H28N2O3. The monoisotopic (exact) mass is 368 g/mol. The first kappa shape index (κ1) is 20.5. The highest BCUT2D eigenvalue weighted by Gasteiger charge is 2.12. The number of amides is 2. The van der Waals surface area contributed by atoms with Crippen molar-refractivity contribution < 1.29 is 14.3 Å². The molecule has 0 aliphatic rings. The van der Waals surface area contributed by atoms with Crippen LogP contribution in [0, 0.1) is 0 Å². The average Bonchev–Trinajstić information content (AvgIpc) is 2.67. The highest BCUT2D eigenvalue weighted by molar-refractivity contribution is 6.06. The zero-order chi connectivity index (χ0) is 19.5. The van der Waals surface area contributed by atoms with Gasteiger partial charge >= 0.3 is 0 Å². The number of hydrogen-bond acceptors (Lipinski definition) is 3. The summed E-state index contributed by atoms with van der Waals surface area (Å²) < 4.78 is 5.78. The van der Waals surface area contributed by atoms with Gasteiger partial charge in [-0.25, -0.2) is 0 Å². The van der Waals surface area contributed by atoms with Crippen molar-refractivity contribution in [2.45, 2.75) is 46.0 Å². The van der Waals surface area contributed by atoms with Crippen molar-refractivity contribution >= 4 is 23.2 Å². The van der Waals surface area contributed by atoms with E-state index >= 15 is 0 Å². The Labute approximate surface area is 161 Å². The Kier molecular flexibility index (Phi) is 8.36. The number of ether oxygens (including phenoxy) is 1. The van der Waals surface area contributed by atoms with E-state index in [9.17, 15) is 9.59 Å². The molecule has 5 heteroatoms. The number of hydrogen-bond donors (Lipinski definition) is 2. The van der Waals surface area contributed by atoms with Gasteiger partial charge in [-0.2, -0.15) is 0 Å². The zero-order valence-corrected chi connectivity index (χ0v) is 16.1. The molecule has 0 bridgehead atoms. The van der Waals surface area contributed by atoms with Gasteiger partial charge in [0.1, 0.15) is 5.75 Å². The lowest BCUT2D eigenvalue weighted by Crippen LogP contribution is -2.14. The lowest BCUT2D eigenvalue weighted by molar-refractivity contribution is -0.116. The van der Waals surface area contributed by atoms with E-state index in [0.29, 0.717) is 35.7 Å². The highest BCUT2D eigenvalue weighted by atomic mass is 16.5. The Bertz CT molecular complexity index is 741. The quantitative estimate of drug-likeness (QED) is 0.563. The normalized spacial score (nSPS) is 10.3. The van der Waals surface area contributed by atoms with Crippen LogP contribution in [0.3, 0.4) is 0 Å². The number of carbonyl (C=O) groups is 2. The molecule has 0 aromatic heterocycles. The molecule has 0 aliphatic heterocycles. The van der Waals surface area contributed by atoms with Gasteiger partial charge < -0.3 is 15.4 Å². The van der Waals surface area contributed by atoms with E-state index in [-0.39, 0.29) is 11.8 Å². The van der Waals surface area contributed by atoms with Crippen LogP contribution >= 0.6 is 0 Å². The molecule has 0 saturated carbocycles. The molecule has 2 aromatic rings. The van der Waals surface area contributed by atoms with Gasteiger partial charge in [0.2, 0.25) is 5.91 Å². The molecule has 0 saturated heterocycles. The number of benzene rings is 2. The van der Waals surface area contributed by atoms with E-state index in [2.05, 4.69) is 17.6 Å². The molecular weight excluding hydrogens is 340 g/mol. The van der Waals surface area contributed by atoms with Crippen LogP contribution in [0.4, 0.5) is 11.4 Å². The summed E-state index contributed by atoms with van der Waals surface area (Å²) in [5.41, 5.74) is 1.88. The fourth-order valence-electron chi connectivity index (χ4n) is 2.60. The second-order valence-electron chi connectivity index (χ2n) is 6.38. The maximum Gasteiger partial charge on any atom is 0.259 e. The Morgan fingerprint density at radius 2 is 1.52 bits per heavy atom. The summed E-state index contributed by atoms with van der Waals surface area (Å²) in [6, 6.07) is 14.3. The van der Waals surface area contributed by atoms with E-state index in [0.717, 1.165) is 25.7 Å². The predicted octanol–water partition coefficient (Wildman–Crippen LogP) is 5.25. The van der Waals surface area contributed by atoms with Crippen LogP contribution < -0.4 is 15.4 Å². The van der Waals surface area contributed by atoms with Crippen LogP contribution in [0.15, 0.2) is 48.5 Å². The fourth-order valence-corrected chi connectivity index (χ4v) is 2.60. The molecule has 0 aliphatic carbocycles. The summed E-state index contributed by atoms with van der Waals surface area (Å²) in [5.74, 6) is 0.363. The van der Waals surface area contributed by atoms with Crippen LogP contribution in [0.2, 0.25) is 0 Å². The molecule has 2 aromatic carbocycles. The zero-order valence-electron chi connectivity index (χ0n) is 16.1. The summed E-state index contributed by atoms with van der Waals surface area (Å²) >= 11 is 0. The maximum absolute atomic E-state index is 12.6. The molecule has 0 unspecified atom stereocenters. The van der Waals surface area contributed by atoms with Crippen molar-refractivity contribution in [2.24, 2.45) is 0 Å². The molecule has 0 fully saturated rings. The molecule has 5 nitrogen and oxygen atoms in total. The Hall–Kier alpha value is -2.82. The van der Waals surface area contributed by atoms with Crippen LogP contribution in [-0.4, -0.2) is 18.4 Å². The standard InChI is InChI=1S/C22H28N2O3/c1-3-5-8-16-27-20-11-7-6-10-19(20)22(26)24-18-14-12-17(13-15-18)23-21(25)9-4-2/h6-7,10-15H,3-5,8-9,16H2,1-2H3,(H,23,25)(H,24,26). The molecule has 2 N–H and O–H groups in total. The molecule has 0 radical (unpaired) electrons. The fraction of sp³-hybridized carbons (Fsp3) is 0.364. The SMILES string of the molecule is CCCCCOc1ccccc1C(=O)Nc1ccc(NC(=O)CCC)cc1. The second-order valence-corrected chi connectivity index (χ2v) is 6.38. The van der Waals surface area contributed by atoms with E-state index in [1.54, 1.807) is 30.3 Å². The molecule has 0 spiro atoms. The van der Waals surface area contributed by atoms with E-state index in [1.165, 1.54) is 0 Å². The minimum Gasteiger partial charge on any atom is -0.493 e. The lowest BCUT2D eigenvalue weighted by atomic mass is 10.1. The Morgan fingerprint density at radius 3 is 2.19 bits per heavy atom. The minimum absolute atomic E-state index is 0.0107. The highest BCUT2D eigenvalue weighted by Crippen LogP contribution is 2.21. The Balaban J connectivity index is 1.97. The minimum atomic E-state index is -0.219. The largest absolute Gasteiger partial charge is 0.493 e. The summed E-state index contributed by atoms with van der Waals surface area (Å²) in [4.78, 5) is 24.2. The first-order chi connectivity index (χ1) is 13.1. The van der Waals surface area contributed by atoms with E-state index in [4.69, 9.17) is 4.74 Å². The first-order valence-electron chi connectivity index (χ1n) is 9.57. The third-order valence-corrected chi connectivity index (χ3v) is 4.04. The number of para-hydroxylation sites is 1. The topological polar surface area (TPSA) is 67.4 Å². The van der Waals surface area contributed by atoms with Gasteiger partial charge in [0.05, 0.1) is 12.2 Å². The smallest absolute Gasteiger partial charge is 0.259 e. The second kappa shape index (κ2) is 11.0. The van der Waals surface area contributed by atoms with Gasteiger partial charge in [-0.05, 0) is 49.2 Å². The van der Waals surface area contributed by atoms with Crippen molar-refractivity contribution in [1.29, 1.82) is 0 Å². The summed E-state index contributed by atoms with van der Waals surface area (Å²) in [5, 5.41) is 5.70. The van der Waals surface area contributed by atoms with Crippen LogP contribution in [-0.2, 0) is 4.79 Å². The predicted molar refractivity (Wildman–Crippen MR) is 109 cm³/mol. The van der Waals surface area contributed by atoms with Crippen LogP contribution in [0.5, 0.6) is 5.75 Å². The first-order valence-corrected chi connectivity index (χ1v) is 9.57. The van der Waals surface area contributed by atoms with E-state index in [1.807, 2.05) is 25.1 Å². The van der Waals surface area contributed by atoms with E-state index < -0.39 is 0 Å². The molecule has 0 heterocycles. The summed E-state index contributed by atoms with van der Waals surface area (Å²) in [7, 11) is 0. The van der Waals surface area contributed by atoms with Gasteiger partial charge in [-0.15, -0.1) is 0 Å². The summed E-state index contributed by atoms with van der Waals surface area (Å²) in [6.07, 6.45) is 4.50. The van der Waals surface area contributed by atoms with Gasteiger partial charge in [0.15, 0.2) is 0 Å². The van der Waals surface area contributed by atoms with Crippen molar-refractivity contribution in [2.75, 3.05) is 17.2 Å². The molecule has 27 heavy (non-hydrogen) atoms. The third kappa shape index (κ3) is 6.77. The van der Waals surface area contributed by atoms with Crippen LogP contribution in [0.25, 0.3) is 0 Å². The number of nitrogens with one attached hydrogen (secondary N) is 2. The van der Waals surface area contributed by atoms with Crippen molar-refractivity contribution in [3.05, 3.63) is 54.1 Å². The summed E-state index contributed by atoms with van der Waals surface area (Å²) in [6.45, 7) is 4.70. The average molecular weight is 368 g/mol. The molecule has 144 valence electrons. The van der Waals surface area contributed by atoms with Crippen LogP contribution in [0.1, 0.15) is 56.3 Å². The Morgan fingerprint density at radius 1 is 0.852 bits per heavy atom. The number of rotatable bonds is 10. The maximum atomic E-state index is 12.6. The number of unbranched alkanes of at least 4 members (excludes halogenated alkanes) is 2.